The third kappa shape index (κ3) is 3.17. The molecule has 0 aliphatic heterocycles. The maximum absolute atomic E-state index is 9.29. The SMILES string of the molecule is CCOC(c1noc(-c2ccc(O)cc2)n1)C(C)(C)C. The van der Waals surface area contributed by atoms with Gasteiger partial charge in [0.2, 0.25) is 5.82 Å². The fraction of sp³-hybridized carbons (Fsp3) is 0.467. The van der Waals surface area contributed by atoms with Gasteiger partial charge in [-0.05, 0) is 36.6 Å². The molecule has 0 saturated heterocycles. The van der Waals surface area contributed by atoms with Crippen molar-refractivity contribution in [3.8, 4) is 17.2 Å². The molecule has 0 bridgehead atoms. The van der Waals surface area contributed by atoms with E-state index in [0.717, 1.165) is 5.56 Å². The Balaban J connectivity index is 2.29. The van der Waals surface area contributed by atoms with Crippen molar-refractivity contribution in [2.45, 2.75) is 33.8 Å². The monoisotopic (exact) mass is 276 g/mol. The summed E-state index contributed by atoms with van der Waals surface area (Å²) in [5.74, 6) is 1.17. The molecule has 5 heteroatoms. The molecule has 0 radical (unpaired) electrons. The molecular weight excluding hydrogens is 256 g/mol. The first-order valence-corrected chi connectivity index (χ1v) is 6.66. The van der Waals surface area contributed by atoms with Crippen molar-refractivity contribution in [1.29, 1.82) is 0 Å². The number of phenols is 1. The molecular formula is C15H20N2O3. The predicted molar refractivity (Wildman–Crippen MR) is 75.2 cm³/mol. The van der Waals surface area contributed by atoms with Gasteiger partial charge in [0.25, 0.3) is 5.89 Å². The molecule has 0 spiro atoms. The second-order valence-corrected chi connectivity index (χ2v) is 5.71. The average molecular weight is 276 g/mol. The molecule has 108 valence electrons. The quantitative estimate of drug-likeness (QED) is 0.924. The molecule has 2 rings (SSSR count). The minimum atomic E-state index is -0.220. The predicted octanol–water partition coefficient (Wildman–Crippen LogP) is 3.57. The number of rotatable bonds is 4. The van der Waals surface area contributed by atoms with Gasteiger partial charge in [0.1, 0.15) is 11.9 Å². The molecule has 0 amide bonds. The summed E-state index contributed by atoms with van der Waals surface area (Å²) in [5.41, 5.74) is 0.650. The molecule has 1 unspecified atom stereocenters. The molecule has 1 heterocycles. The highest BCUT2D eigenvalue weighted by Crippen LogP contribution is 2.35. The fourth-order valence-electron chi connectivity index (χ4n) is 1.94. The van der Waals surface area contributed by atoms with Gasteiger partial charge in [-0.1, -0.05) is 25.9 Å². The number of benzene rings is 1. The smallest absolute Gasteiger partial charge is 0.258 e. The lowest BCUT2D eigenvalue weighted by atomic mass is 9.88. The van der Waals surface area contributed by atoms with Gasteiger partial charge in [0.05, 0.1) is 0 Å². The van der Waals surface area contributed by atoms with E-state index in [0.29, 0.717) is 18.3 Å². The summed E-state index contributed by atoms with van der Waals surface area (Å²) in [6.45, 7) is 8.75. The topological polar surface area (TPSA) is 68.4 Å². The van der Waals surface area contributed by atoms with Crippen LogP contribution in [0.3, 0.4) is 0 Å². The third-order valence-electron chi connectivity index (χ3n) is 2.91. The van der Waals surface area contributed by atoms with Gasteiger partial charge in [-0.25, -0.2) is 0 Å². The van der Waals surface area contributed by atoms with E-state index in [1.165, 1.54) is 0 Å². The maximum atomic E-state index is 9.29. The molecule has 0 saturated carbocycles. The number of hydrogen-bond acceptors (Lipinski definition) is 5. The van der Waals surface area contributed by atoms with Crippen LogP contribution in [-0.2, 0) is 4.74 Å². The minimum absolute atomic E-state index is 0.119. The van der Waals surface area contributed by atoms with Crippen LogP contribution >= 0.6 is 0 Å². The molecule has 1 atom stereocenters. The van der Waals surface area contributed by atoms with Crippen LogP contribution in [-0.4, -0.2) is 21.9 Å². The van der Waals surface area contributed by atoms with Gasteiger partial charge in [-0.2, -0.15) is 4.98 Å². The van der Waals surface area contributed by atoms with E-state index in [2.05, 4.69) is 30.9 Å². The lowest BCUT2D eigenvalue weighted by Crippen LogP contribution is -2.22. The highest BCUT2D eigenvalue weighted by Gasteiger charge is 2.31. The van der Waals surface area contributed by atoms with Gasteiger partial charge >= 0.3 is 0 Å². The van der Waals surface area contributed by atoms with Crippen LogP contribution in [0.15, 0.2) is 28.8 Å². The van der Waals surface area contributed by atoms with Crippen molar-refractivity contribution in [2.75, 3.05) is 6.61 Å². The largest absolute Gasteiger partial charge is 0.508 e. The Morgan fingerprint density at radius 3 is 2.45 bits per heavy atom. The minimum Gasteiger partial charge on any atom is -0.508 e. The summed E-state index contributed by atoms with van der Waals surface area (Å²) in [6, 6.07) is 6.64. The summed E-state index contributed by atoms with van der Waals surface area (Å²) in [4.78, 5) is 4.41. The van der Waals surface area contributed by atoms with Crippen molar-refractivity contribution in [1.82, 2.24) is 10.1 Å². The van der Waals surface area contributed by atoms with E-state index < -0.39 is 0 Å². The molecule has 0 fully saturated rings. The highest BCUT2D eigenvalue weighted by atomic mass is 16.5. The molecule has 0 aliphatic carbocycles. The lowest BCUT2D eigenvalue weighted by molar-refractivity contribution is -0.0203. The van der Waals surface area contributed by atoms with Crippen LogP contribution in [0.1, 0.15) is 39.6 Å². The molecule has 5 nitrogen and oxygen atoms in total. The van der Waals surface area contributed by atoms with E-state index in [-0.39, 0.29) is 17.3 Å². The Kier molecular flexibility index (Phi) is 4.09. The second-order valence-electron chi connectivity index (χ2n) is 5.71. The molecule has 20 heavy (non-hydrogen) atoms. The van der Waals surface area contributed by atoms with E-state index >= 15 is 0 Å². The van der Waals surface area contributed by atoms with Gasteiger partial charge in [-0.15, -0.1) is 0 Å². The molecule has 1 N–H and O–H groups in total. The Labute approximate surface area is 118 Å². The van der Waals surface area contributed by atoms with Crippen LogP contribution in [0, 0.1) is 5.41 Å². The number of phenolic OH excluding ortho intramolecular Hbond substituents is 1. The molecule has 0 aliphatic rings. The number of ether oxygens (including phenoxy) is 1. The summed E-state index contributed by atoms with van der Waals surface area (Å²) in [5, 5.41) is 13.3. The van der Waals surface area contributed by atoms with Crippen molar-refractivity contribution >= 4 is 0 Å². The Morgan fingerprint density at radius 2 is 1.90 bits per heavy atom. The second kappa shape index (κ2) is 5.63. The third-order valence-corrected chi connectivity index (χ3v) is 2.91. The zero-order chi connectivity index (χ0) is 14.8. The number of nitrogens with zero attached hydrogens (tertiary/aromatic N) is 2. The van der Waals surface area contributed by atoms with Crippen LogP contribution in [0.2, 0.25) is 0 Å². The van der Waals surface area contributed by atoms with Crippen LogP contribution in [0.5, 0.6) is 5.75 Å². The Bertz CT molecular complexity index is 555. The lowest BCUT2D eigenvalue weighted by Gasteiger charge is -2.27. The average Bonchev–Trinajstić information content (AvgIpc) is 2.84. The maximum Gasteiger partial charge on any atom is 0.258 e. The first kappa shape index (κ1) is 14.5. The first-order chi connectivity index (χ1) is 9.41. The molecule has 1 aromatic heterocycles. The van der Waals surface area contributed by atoms with E-state index in [1.807, 2.05) is 6.92 Å². The number of aromatic nitrogens is 2. The number of hydrogen-bond donors (Lipinski definition) is 1. The molecule has 2 aromatic rings. The fourth-order valence-corrected chi connectivity index (χ4v) is 1.94. The van der Waals surface area contributed by atoms with Crippen molar-refractivity contribution in [3.63, 3.8) is 0 Å². The number of aromatic hydroxyl groups is 1. The standard InChI is InChI=1S/C15H20N2O3/c1-5-19-12(15(2,3)4)13-16-14(20-17-13)10-6-8-11(18)9-7-10/h6-9,12,18H,5H2,1-4H3. The summed E-state index contributed by atoms with van der Waals surface area (Å²) < 4.78 is 11.0. The van der Waals surface area contributed by atoms with E-state index in [4.69, 9.17) is 9.26 Å². The van der Waals surface area contributed by atoms with Crippen molar-refractivity contribution in [2.24, 2.45) is 5.41 Å². The first-order valence-electron chi connectivity index (χ1n) is 6.66. The van der Waals surface area contributed by atoms with E-state index in [9.17, 15) is 5.11 Å². The molecule has 1 aromatic carbocycles. The highest BCUT2D eigenvalue weighted by molar-refractivity contribution is 5.54. The van der Waals surface area contributed by atoms with Gasteiger partial charge in [-0.3, -0.25) is 0 Å². The van der Waals surface area contributed by atoms with Crippen LogP contribution < -0.4 is 0 Å². The Morgan fingerprint density at radius 1 is 1.25 bits per heavy atom. The summed E-state index contributed by atoms with van der Waals surface area (Å²) in [7, 11) is 0. The Hall–Kier alpha value is -1.88. The van der Waals surface area contributed by atoms with Gasteiger partial charge in [0, 0.05) is 12.2 Å². The van der Waals surface area contributed by atoms with Crippen LogP contribution in [0.4, 0.5) is 0 Å². The normalized spacial score (nSPS) is 13.4. The summed E-state index contributed by atoms with van der Waals surface area (Å²) in [6.07, 6.45) is -0.220. The zero-order valence-electron chi connectivity index (χ0n) is 12.3. The van der Waals surface area contributed by atoms with Crippen LogP contribution in [0.25, 0.3) is 11.5 Å². The summed E-state index contributed by atoms with van der Waals surface area (Å²) >= 11 is 0. The van der Waals surface area contributed by atoms with Gasteiger partial charge in [0.15, 0.2) is 0 Å². The van der Waals surface area contributed by atoms with E-state index in [1.54, 1.807) is 24.3 Å². The zero-order valence-corrected chi connectivity index (χ0v) is 12.3. The van der Waals surface area contributed by atoms with Crippen molar-refractivity contribution in [3.05, 3.63) is 30.1 Å². The van der Waals surface area contributed by atoms with Gasteiger partial charge < -0.3 is 14.4 Å². The van der Waals surface area contributed by atoms with Crippen molar-refractivity contribution < 1.29 is 14.4 Å².